The van der Waals surface area contributed by atoms with Gasteiger partial charge in [-0.2, -0.15) is 0 Å². The number of esters is 2. The first-order chi connectivity index (χ1) is 40.6. The average molecular weight is 1260 g/mol. The molecule has 24 nitrogen and oxygen atoms in total. The minimum absolute atomic E-state index is 0.0394. The standard InChI is InChI=1S/C61H101FN4O20S/c1-31(2)24-45(67)82-51-38(9)50(33(4)29-78-58-54(76-18)53(75-17)47(68)41(12)81-58)84-56(71)40(11)52(83-46-25-34(5)66(16)28-36(7)79-46)37(8)49(85-57-48(69)44(65-77-19)26-35(6)80-57)32(3)27-61(15,55(70)39(51)10)86-59(72)64-60(13,14)30-63-87(73,74)43-22-20-42(62)21-23-43/h20-23,31-41,46-54,57-58,63,68-69H,24-30H2,1-19H3,(H,64,72)/b65-44+/t32-,33-,34?,35+,36-,37+,38-,39+,40+,41+,46-,47+,48+,49-,50+,51+,52-,53+,54+,57-,58+,61-/m0/s1. The highest BCUT2D eigenvalue weighted by atomic mass is 32.2. The van der Waals surface area contributed by atoms with Crippen LogP contribution in [0.5, 0.6) is 0 Å². The number of nitrogens with one attached hydrogen (secondary N) is 2. The number of hydrogen-bond acceptors (Lipinski definition) is 22. The largest absolute Gasteiger partial charge is 0.461 e. The van der Waals surface area contributed by atoms with E-state index in [1.165, 1.54) is 49.0 Å². The molecule has 1 aromatic rings. The van der Waals surface area contributed by atoms with Gasteiger partial charge in [-0.25, -0.2) is 22.3 Å². The summed E-state index contributed by atoms with van der Waals surface area (Å²) in [5, 5.41) is 29.7. The number of oxime groups is 1. The molecule has 5 rings (SSSR count). The van der Waals surface area contributed by atoms with E-state index >= 15 is 9.59 Å². The monoisotopic (exact) mass is 1260 g/mol. The normalized spacial score (nSPS) is 37.3. The SMILES string of the molecule is CO/N=C1\C[C@@H](C)O[C@@H](O[C@@H]2[C@@H](C)[C@H](O[C@H]3CC(C)N(C)C[C@H](C)O3)[C@@H](C)C(=O)O[C@H]([C@@H](C)CO[C@@H]3O[C@H](C)[C@@H](O)[C@@H](OC)[C@H]3OC)[C@H](C)[C@@H](OC(=O)CC(C)C)[C@@H](C)C(=O)[C@@](C)(OC(=O)NC(C)(C)CNS(=O)(=O)c3ccc(F)cc3)C[C@@H]2C)[C@@H]1O. The van der Waals surface area contributed by atoms with Gasteiger partial charge in [-0.3, -0.25) is 14.4 Å². The fourth-order valence-electron chi connectivity index (χ4n) is 12.3. The number of Topliss-reactive ketones (excluding diaryl/α,β-unsaturated/α-hetero) is 1. The molecule has 87 heavy (non-hydrogen) atoms. The molecule has 1 amide bonds. The number of methoxy groups -OCH3 is 2. The van der Waals surface area contributed by atoms with E-state index in [4.69, 9.17) is 56.9 Å². The van der Waals surface area contributed by atoms with Crippen LogP contribution in [-0.2, 0) is 81.3 Å². The number of aliphatic hydroxyl groups excluding tert-OH is 2. The third-order valence-electron chi connectivity index (χ3n) is 17.2. The number of ketones is 1. The Morgan fingerprint density at radius 1 is 0.851 bits per heavy atom. The van der Waals surface area contributed by atoms with Crippen LogP contribution in [0, 0.1) is 47.2 Å². The van der Waals surface area contributed by atoms with E-state index < -0.39 is 166 Å². The minimum Gasteiger partial charge on any atom is -0.461 e. The number of carbonyl (C=O) groups excluding carboxylic acids is 4. The molecule has 0 bridgehead atoms. The predicted molar refractivity (Wildman–Crippen MR) is 316 cm³/mol. The van der Waals surface area contributed by atoms with Gasteiger partial charge in [0.2, 0.25) is 10.0 Å². The molecule has 0 aromatic heterocycles. The highest BCUT2D eigenvalue weighted by Gasteiger charge is 2.53. The van der Waals surface area contributed by atoms with Gasteiger partial charge in [0.25, 0.3) is 0 Å². The Bertz CT molecular complexity index is 2550. The molecule has 4 fully saturated rings. The molecule has 22 atom stereocenters. The Kier molecular flexibility index (Phi) is 27.0. The van der Waals surface area contributed by atoms with Gasteiger partial charge in [0.1, 0.15) is 49.6 Å². The first kappa shape index (κ1) is 73.7. The van der Waals surface area contributed by atoms with Crippen LogP contribution in [0.1, 0.15) is 130 Å². The third kappa shape index (κ3) is 19.5. The van der Waals surface area contributed by atoms with E-state index in [2.05, 4.69) is 20.1 Å². The van der Waals surface area contributed by atoms with Crippen LogP contribution < -0.4 is 10.0 Å². The smallest absolute Gasteiger partial charge is 0.408 e. The summed E-state index contributed by atoms with van der Waals surface area (Å²) in [5.74, 6) is -8.94. The minimum atomic E-state index is -4.21. The van der Waals surface area contributed by atoms with E-state index in [1.54, 1.807) is 48.5 Å². The molecule has 4 aliphatic rings. The van der Waals surface area contributed by atoms with Gasteiger partial charge in [-0.1, -0.05) is 53.6 Å². The fraction of sp³-hybridized carbons (Fsp3) is 0.820. The van der Waals surface area contributed by atoms with Crippen LogP contribution >= 0.6 is 0 Å². The first-order valence-electron chi connectivity index (χ1n) is 30.4. The number of carbonyl (C=O) groups is 4. The second kappa shape index (κ2) is 31.8. The number of rotatable bonds is 20. The van der Waals surface area contributed by atoms with Crippen molar-refractivity contribution in [2.45, 2.75) is 238 Å². The van der Waals surface area contributed by atoms with E-state index in [9.17, 15) is 32.6 Å². The number of sulfonamides is 1. The number of cyclic esters (lactones) is 1. The van der Waals surface area contributed by atoms with Crippen LogP contribution in [0.15, 0.2) is 34.3 Å². The van der Waals surface area contributed by atoms with Gasteiger partial charge in [0.05, 0.1) is 65.1 Å². The molecule has 0 spiro atoms. The lowest BCUT2D eigenvalue weighted by atomic mass is 9.74. The van der Waals surface area contributed by atoms with Gasteiger partial charge < -0.3 is 77.4 Å². The Hall–Kier alpha value is -4.03. The Balaban J connectivity index is 1.70. The number of amides is 1. The van der Waals surface area contributed by atoms with Crippen molar-refractivity contribution in [1.29, 1.82) is 0 Å². The Morgan fingerprint density at radius 3 is 2.10 bits per heavy atom. The lowest BCUT2D eigenvalue weighted by molar-refractivity contribution is -0.305. The Labute approximate surface area is 514 Å². The van der Waals surface area contributed by atoms with Gasteiger partial charge in [-0.05, 0) is 105 Å². The predicted octanol–water partition coefficient (Wildman–Crippen LogP) is 5.90. The second-order valence-corrected chi connectivity index (χ2v) is 27.7. The number of ether oxygens (including phenoxy) is 11. The number of aliphatic hydroxyl groups is 2. The van der Waals surface area contributed by atoms with Gasteiger partial charge >= 0.3 is 18.0 Å². The van der Waals surface area contributed by atoms with Crippen molar-refractivity contribution in [1.82, 2.24) is 14.9 Å². The highest BCUT2D eigenvalue weighted by molar-refractivity contribution is 7.89. The lowest BCUT2D eigenvalue weighted by Gasteiger charge is -2.45. The van der Waals surface area contributed by atoms with Crippen LogP contribution in [0.3, 0.4) is 0 Å². The fourth-order valence-corrected chi connectivity index (χ4v) is 13.5. The van der Waals surface area contributed by atoms with Gasteiger partial charge in [0.15, 0.2) is 30.3 Å². The summed E-state index contributed by atoms with van der Waals surface area (Å²) in [6, 6.07) is 4.17. The van der Waals surface area contributed by atoms with Crippen molar-refractivity contribution >= 4 is 39.6 Å². The summed E-state index contributed by atoms with van der Waals surface area (Å²) in [6.45, 7) is 25.7. The maximum Gasteiger partial charge on any atom is 0.408 e. The third-order valence-corrected chi connectivity index (χ3v) is 18.6. The molecule has 26 heteroatoms. The van der Waals surface area contributed by atoms with Gasteiger partial charge in [0, 0.05) is 70.4 Å². The molecular weight excluding hydrogens is 1160 g/mol. The van der Waals surface area contributed by atoms with Crippen LogP contribution in [-0.4, -0.2) is 204 Å². The molecule has 1 aromatic carbocycles. The van der Waals surface area contributed by atoms with Crippen LogP contribution in [0.4, 0.5) is 9.18 Å². The molecule has 4 aliphatic heterocycles. The maximum atomic E-state index is 16.0. The van der Waals surface area contributed by atoms with Crippen LogP contribution in [0.25, 0.3) is 0 Å². The number of nitrogens with zero attached hydrogens (tertiary/aromatic N) is 2. The molecule has 498 valence electrons. The quantitative estimate of drug-likeness (QED) is 0.0671. The number of halogens is 1. The summed E-state index contributed by atoms with van der Waals surface area (Å²) >= 11 is 0. The second-order valence-electron chi connectivity index (χ2n) is 25.9. The maximum absolute atomic E-state index is 16.0. The molecule has 1 unspecified atom stereocenters. The number of hydrogen-bond donors (Lipinski definition) is 4. The zero-order valence-corrected chi connectivity index (χ0v) is 55.2. The Morgan fingerprint density at radius 2 is 1.49 bits per heavy atom. The van der Waals surface area contributed by atoms with Crippen molar-refractivity contribution in [2.24, 2.45) is 46.6 Å². The lowest BCUT2D eigenvalue weighted by Crippen LogP contribution is -2.59. The van der Waals surface area contributed by atoms with E-state index in [0.717, 1.165) is 24.3 Å². The first-order valence-corrected chi connectivity index (χ1v) is 31.9. The highest BCUT2D eigenvalue weighted by Crippen LogP contribution is 2.41. The molecule has 4 N–H and O–H groups in total. The molecular formula is C61H101FN4O20S. The molecule has 0 aliphatic carbocycles. The van der Waals surface area contributed by atoms with Crippen molar-refractivity contribution in [3.63, 3.8) is 0 Å². The summed E-state index contributed by atoms with van der Waals surface area (Å²) in [7, 11) is 1.97. The van der Waals surface area contributed by atoms with E-state index in [1.807, 2.05) is 34.7 Å². The van der Waals surface area contributed by atoms with E-state index in [-0.39, 0.29) is 61.1 Å². The van der Waals surface area contributed by atoms with E-state index in [0.29, 0.717) is 13.0 Å². The number of likely N-dealkylation sites (N-methyl/N-ethyl adjacent to an activating group) is 1. The summed E-state index contributed by atoms with van der Waals surface area (Å²) in [6.07, 6.45) is -15.0. The molecule has 4 heterocycles. The topological polar surface area (TPSA) is 293 Å². The van der Waals surface area contributed by atoms with Crippen molar-refractivity contribution < 1.29 is 99.1 Å². The number of alkyl carbamates (subject to hydrolysis) is 1. The zero-order chi connectivity index (χ0) is 65.2. The van der Waals surface area contributed by atoms with Gasteiger partial charge in [-0.15, -0.1) is 0 Å². The van der Waals surface area contributed by atoms with Crippen LogP contribution in [0.2, 0.25) is 0 Å². The zero-order valence-electron chi connectivity index (χ0n) is 54.4. The van der Waals surface area contributed by atoms with Crippen molar-refractivity contribution in [3.8, 4) is 0 Å². The van der Waals surface area contributed by atoms with Crippen molar-refractivity contribution in [3.05, 3.63) is 30.1 Å². The average Bonchev–Trinajstić information content (AvgIpc) is 1.53. The summed E-state index contributed by atoms with van der Waals surface area (Å²) in [5.41, 5.74) is -3.32. The summed E-state index contributed by atoms with van der Waals surface area (Å²) < 4.78 is 113. The number of benzene rings is 1. The summed E-state index contributed by atoms with van der Waals surface area (Å²) in [4.78, 5) is 67.3. The molecule has 4 saturated heterocycles. The van der Waals surface area contributed by atoms with Crippen molar-refractivity contribution in [2.75, 3.05) is 48.1 Å². The molecule has 0 saturated carbocycles. The molecule has 0 radical (unpaired) electrons.